The standard InChI is InChI=1S/C22H29N5O7/c1-2-18(28)24-20(23)14-3-5-15(6-4-14)27-13-16(34-22(27)33)12-25-7-9-26(10-8-25)17(21(31)32)11-19(29)30/h3-6,16-17H,2,7-13H2,1H3,(H,29,30)(H,31,32)(H2,23,24,28). The molecule has 0 aliphatic carbocycles. The van der Waals surface area contributed by atoms with Crippen LogP contribution in [0.2, 0.25) is 0 Å². The number of benzene rings is 1. The highest BCUT2D eigenvalue weighted by atomic mass is 16.6. The van der Waals surface area contributed by atoms with E-state index in [4.69, 9.17) is 15.3 Å². The van der Waals surface area contributed by atoms with E-state index in [0.717, 1.165) is 0 Å². The van der Waals surface area contributed by atoms with Gasteiger partial charge in [0.25, 0.3) is 0 Å². The van der Waals surface area contributed by atoms with Crippen LogP contribution in [0.25, 0.3) is 0 Å². The van der Waals surface area contributed by atoms with E-state index in [1.165, 1.54) is 4.90 Å². The number of piperazine rings is 1. The summed E-state index contributed by atoms with van der Waals surface area (Å²) in [6.45, 7) is 4.44. The molecular weight excluding hydrogens is 446 g/mol. The Morgan fingerprint density at radius 3 is 2.35 bits per heavy atom. The molecule has 4 N–H and O–H groups in total. The predicted molar refractivity (Wildman–Crippen MR) is 121 cm³/mol. The Labute approximate surface area is 196 Å². The third-order valence-corrected chi connectivity index (χ3v) is 5.89. The lowest BCUT2D eigenvalue weighted by molar-refractivity contribution is -0.150. The lowest BCUT2D eigenvalue weighted by atomic mass is 10.1. The van der Waals surface area contributed by atoms with Crippen LogP contribution in [0.3, 0.4) is 0 Å². The van der Waals surface area contributed by atoms with Crippen molar-refractivity contribution in [2.45, 2.75) is 31.9 Å². The van der Waals surface area contributed by atoms with Gasteiger partial charge in [0.05, 0.1) is 13.0 Å². The van der Waals surface area contributed by atoms with Gasteiger partial charge in [-0.3, -0.25) is 34.5 Å². The molecule has 1 aromatic rings. The highest BCUT2D eigenvalue weighted by Crippen LogP contribution is 2.23. The highest BCUT2D eigenvalue weighted by molar-refractivity contribution is 6.06. The summed E-state index contributed by atoms with van der Waals surface area (Å²) in [5, 5.41) is 28.7. The molecular formula is C22H29N5O7. The number of amidine groups is 1. The minimum absolute atomic E-state index is 0.00657. The topological polar surface area (TPSA) is 164 Å². The molecule has 12 heteroatoms. The van der Waals surface area contributed by atoms with Gasteiger partial charge in [0.1, 0.15) is 18.0 Å². The molecule has 2 amide bonds. The second-order valence-electron chi connectivity index (χ2n) is 8.23. The average molecular weight is 476 g/mol. The number of hydrogen-bond donors (Lipinski definition) is 4. The number of carbonyl (C=O) groups is 4. The summed E-state index contributed by atoms with van der Waals surface area (Å²) in [6.07, 6.45) is -1.01. The van der Waals surface area contributed by atoms with Crippen LogP contribution in [0.1, 0.15) is 25.3 Å². The summed E-state index contributed by atoms with van der Waals surface area (Å²) in [5.41, 5.74) is 1.14. The maximum absolute atomic E-state index is 12.4. The summed E-state index contributed by atoms with van der Waals surface area (Å²) in [6, 6.07) is 5.64. The zero-order chi connectivity index (χ0) is 24.8. The molecule has 2 saturated heterocycles. The first-order valence-electron chi connectivity index (χ1n) is 11.1. The smallest absolute Gasteiger partial charge is 0.414 e. The quantitative estimate of drug-likeness (QED) is 0.292. The van der Waals surface area contributed by atoms with E-state index >= 15 is 0 Å². The van der Waals surface area contributed by atoms with Crippen molar-refractivity contribution in [3.8, 4) is 0 Å². The molecule has 2 heterocycles. The fourth-order valence-electron chi connectivity index (χ4n) is 4.02. The molecule has 2 aliphatic heterocycles. The van der Waals surface area contributed by atoms with Crippen LogP contribution >= 0.6 is 0 Å². The number of cyclic esters (lactones) is 1. The minimum Gasteiger partial charge on any atom is -0.481 e. The Morgan fingerprint density at radius 1 is 1.15 bits per heavy atom. The molecule has 34 heavy (non-hydrogen) atoms. The predicted octanol–water partition coefficient (Wildman–Crippen LogP) is 0.409. The number of anilines is 1. The Hall–Kier alpha value is -3.51. The van der Waals surface area contributed by atoms with Gasteiger partial charge in [-0.05, 0) is 24.3 Å². The van der Waals surface area contributed by atoms with E-state index in [-0.39, 0.29) is 24.3 Å². The summed E-state index contributed by atoms with van der Waals surface area (Å²) < 4.78 is 5.50. The van der Waals surface area contributed by atoms with E-state index in [1.54, 1.807) is 36.1 Å². The molecule has 2 fully saturated rings. The average Bonchev–Trinajstić information content (AvgIpc) is 3.17. The van der Waals surface area contributed by atoms with Crippen molar-refractivity contribution in [2.75, 3.05) is 44.2 Å². The number of ether oxygens (including phenoxy) is 1. The fraction of sp³-hybridized carbons (Fsp3) is 0.500. The van der Waals surface area contributed by atoms with Crippen LogP contribution < -0.4 is 10.2 Å². The molecule has 2 aliphatic rings. The van der Waals surface area contributed by atoms with Crippen LogP contribution in [0.5, 0.6) is 0 Å². The van der Waals surface area contributed by atoms with Gasteiger partial charge in [0.2, 0.25) is 5.91 Å². The van der Waals surface area contributed by atoms with Crippen LogP contribution in [0.15, 0.2) is 24.3 Å². The number of nitrogens with zero attached hydrogens (tertiary/aromatic N) is 3. The van der Waals surface area contributed by atoms with Gasteiger partial charge in [0, 0.05) is 50.4 Å². The monoisotopic (exact) mass is 475 g/mol. The van der Waals surface area contributed by atoms with Gasteiger partial charge < -0.3 is 20.3 Å². The number of aliphatic carboxylic acids is 2. The largest absolute Gasteiger partial charge is 0.481 e. The second-order valence-corrected chi connectivity index (χ2v) is 8.23. The van der Waals surface area contributed by atoms with Gasteiger partial charge in [-0.15, -0.1) is 0 Å². The molecule has 2 atom stereocenters. The maximum atomic E-state index is 12.4. The van der Waals surface area contributed by atoms with Crippen molar-refractivity contribution >= 4 is 35.5 Å². The summed E-state index contributed by atoms with van der Waals surface area (Å²) in [4.78, 5) is 51.5. The van der Waals surface area contributed by atoms with Gasteiger partial charge in [-0.2, -0.15) is 0 Å². The maximum Gasteiger partial charge on any atom is 0.414 e. The van der Waals surface area contributed by atoms with Crippen molar-refractivity contribution < 1.29 is 34.1 Å². The number of amides is 2. The molecule has 3 rings (SSSR count). The zero-order valence-electron chi connectivity index (χ0n) is 18.9. The van der Waals surface area contributed by atoms with Gasteiger partial charge in [-0.25, -0.2) is 4.79 Å². The second kappa shape index (κ2) is 11.1. The summed E-state index contributed by atoms with van der Waals surface area (Å²) in [5.74, 6) is -2.55. The third-order valence-electron chi connectivity index (χ3n) is 5.89. The van der Waals surface area contributed by atoms with Crippen molar-refractivity contribution in [1.29, 1.82) is 5.41 Å². The summed E-state index contributed by atoms with van der Waals surface area (Å²) in [7, 11) is 0. The lowest BCUT2D eigenvalue weighted by Crippen LogP contribution is -2.54. The van der Waals surface area contributed by atoms with Crippen molar-refractivity contribution in [2.24, 2.45) is 0 Å². The first-order chi connectivity index (χ1) is 16.2. The molecule has 0 spiro atoms. The highest BCUT2D eigenvalue weighted by Gasteiger charge is 2.35. The number of hydrogen-bond acceptors (Lipinski definition) is 8. The van der Waals surface area contributed by atoms with Gasteiger partial charge in [-0.1, -0.05) is 6.92 Å². The Balaban J connectivity index is 1.51. The molecule has 184 valence electrons. The van der Waals surface area contributed by atoms with Crippen molar-refractivity contribution in [3.63, 3.8) is 0 Å². The van der Waals surface area contributed by atoms with Crippen molar-refractivity contribution in [1.82, 2.24) is 15.1 Å². The zero-order valence-corrected chi connectivity index (χ0v) is 18.9. The molecule has 2 unspecified atom stereocenters. The molecule has 1 aromatic carbocycles. The Morgan fingerprint density at radius 2 is 1.79 bits per heavy atom. The third kappa shape index (κ3) is 6.29. The van der Waals surface area contributed by atoms with E-state index in [2.05, 4.69) is 10.2 Å². The normalized spacial score (nSPS) is 20.0. The number of rotatable bonds is 9. The number of nitrogens with one attached hydrogen (secondary N) is 2. The molecule has 0 aromatic heterocycles. The van der Waals surface area contributed by atoms with Crippen LogP contribution in [-0.2, 0) is 19.1 Å². The molecule has 0 saturated carbocycles. The van der Waals surface area contributed by atoms with Crippen LogP contribution in [0.4, 0.5) is 10.5 Å². The van der Waals surface area contributed by atoms with Gasteiger partial charge >= 0.3 is 18.0 Å². The minimum atomic E-state index is -1.15. The molecule has 12 nitrogen and oxygen atoms in total. The Kier molecular flexibility index (Phi) is 8.18. The molecule has 0 bridgehead atoms. The van der Waals surface area contributed by atoms with Crippen LogP contribution in [-0.4, -0.2) is 101 Å². The summed E-state index contributed by atoms with van der Waals surface area (Å²) >= 11 is 0. The molecule has 0 radical (unpaired) electrons. The Bertz CT molecular complexity index is 943. The number of carboxylic acid groups (broad SMARTS) is 2. The fourth-order valence-corrected chi connectivity index (χ4v) is 4.02. The van der Waals surface area contributed by atoms with Crippen LogP contribution in [0, 0.1) is 5.41 Å². The van der Waals surface area contributed by atoms with Gasteiger partial charge in [0.15, 0.2) is 0 Å². The van der Waals surface area contributed by atoms with E-state index in [0.29, 0.717) is 50.5 Å². The van der Waals surface area contributed by atoms with E-state index in [9.17, 15) is 24.3 Å². The number of carbonyl (C=O) groups excluding carboxylic acids is 2. The van der Waals surface area contributed by atoms with E-state index in [1.807, 2.05) is 0 Å². The number of carboxylic acids is 2. The SMILES string of the molecule is CCC(=O)NC(=N)c1ccc(N2CC(CN3CCN(C(CC(=O)O)C(=O)O)CC3)OC2=O)cc1. The first-order valence-corrected chi connectivity index (χ1v) is 11.1. The lowest BCUT2D eigenvalue weighted by Gasteiger charge is -2.37. The van der Waals surface area contributed by atoms with Crippen molar-refractivity contribution in [3.05, 3.63) is 29.8 Å². The van der Waals surface area contributed by atoms with E-state index < -0.39 is 30.5 Å². The first kappa shape index (κ1) is 25.1.